The van der Waals surface area contributed by atoms with Gasteiger partial charge < -0.3 is 4.90 Å². The zero-order valence-corrected chi connectivity index (χ0v) is 7.70. The first-order chi connectivity index (χ1) is 6.29. The van der Waals surface area contributed by atoms with Crippen molar-refractivity contribution >= 4 is 5.69 Å². The van der Waals surface area contributed by atoms with E-state index in [0.29, 0.717) is 6.42 Å². The fraction of sp³-hybridized carbons (Fsp3) is 0.500. The van der Waals surface area contributed by atoms with Gasteiger partial charge in [-0.15, -0.1) is 0 Å². The summed E-state index contributed by atoms with van der Waals surface area (Å²) in [5.74, 6) is 0. The van der Waals surface area contributed by atoms with Crippen LogP contribution in [0.15, 0.2) is 18.5 Å². The van der Waals surface area contributed by atoms with E-state index in [1.54, 1.807) is 12.4 Å². The van der Waals surface area contributed by atoms with E-state index < -0.39 is 6.30 Å². The number of pyridine rings is 1. The first-order valence-electron chi connectivity index (χ1n) is 4.60. The SMILES string of the molecule is Cc1cnccc1N1CCCC1F. The molecule has 2 rings (SSSR count). The van der Waals surface area contributed by atoms with Gasteiger partial charge in [-0.2, -0.15) is 0 Å². The van der Waals surface area contributed by atoms with Crippen molar-refractivity contribution in [3.8, 4) is 0 Å². The van der Waals surface area contributed by atoms with Crippen LogP contribution < -0.4 is 4.90 Å². The van der Waals surface area contributed by atoms with Gasteiger partial charge in [-0.3, -0.25) is 4.98 Å². The van der Waals surface area contributed by atoms with Gasteiger partial charge in [-0.1, -0.05) is 0 Å². The number of hydrogen-bond acceptors (Lipinski definition) is 2. The largest absolute Gasteiger partial charge is 0.342 e. The summed E-state index contributed by atoms with van der Waals surface area (Å²) in [5.41, 5.74) is 2.03. The summed E-state index contributed by atoms with van der Waals surface area (Å²) in [7, 11) is 0. The van der Waals surface area contributed by atoms with Crippen LogP contribution in [0.1, 0.15) is 18.4 Å². The summed E-state index contributed by atoms with van der Waals surface area (Å²) in [6.07, 6.45) is 4.29. The number of nitrogens with zero attached hydrogens (tertiary/aromatic N) is 2. The number of rotatable bonds is 1. The Morgan fingerprint density at radius 1 is 1.62 bits per heavy atom. The summed E-state index contributed by atoms with van der Waals surface area (Å²) in [6.45, 7) is 2.79. The number of aryl methyl sites for hydroxylation is 1. The van der Waals surface area contributed by atoms with E-state index in [1.807, 2.05) is 17.9 Å². The van der Waals surface area contributed by atoms with Crippen LogP contribution in [-0.2, 0) is 0 Å². The van der Waals surface area contributed by atoms with Crippen molar-refractivity contribution in [2.24, 2.45) is 0 Å². The standard InChI is InChI=1S/C10H13FN2/c1-8-7-12-5-4-9(8)13-6-2-3-10(13)11/h4-5,7,10H,2-3,6H2,1H3. The Hall–Kier alpha value is -1.12. The van der Waals surface area contributed by atoms with E-state index >= 15 is 0 Å². The minimum atomic E-state index is -0.805. The molecule has 0 amide bonds. The zero-order chi connectivity index (χ0) is 9.26. The third kappa shape index (κ3) is 1.50. The predicted octanol–water partition coefficient (Wildman–Crippen LogP) is 2.29. The molecule has 1 aliphatic rings. The number of anilines is 1. The molecule has 0 N–H and O–H groups in total. The van der Waals surface area contributed by atoms with E-state index in [4.69, 9.17) is 0 Å². The molecule has 70 valence electrons. The molecule has 0 bridgehead atoms. The molecule has 0 aliphatic carbocycles. The first-order valence-corrected chi connectivity index (χ1v) is 4.60. The summed E-state index contributed by atoms with van der Waals surface area (Å²) in [4.78, 5) is 5.81. The normalized spacial score (nSPS) is 22.3. The topological polar surface area (TPSA) is 16.1 Å². The van der Waals surface area contributed by atoms with Crippen LogP contribution in [0.3, 0.4) is 0 Å². The Kier molecular flexibility index (Phi) is 2.17. The molecule has 0 radical (unpaired) electrons. The molecule has 1 atom stereocenters. The highest BCUT2D eigenvalue weighted by molar-refractivity contribution is 5.52. The van der Waals surface area contributed by atoms with Gasteiger partial charge in [0.05, 0.1) is 0 Å². The second kappa shape index (κ2) is 3.32. The third-order valence-corrected chi connectivity index (χ3v) is 2.48. The molecule has 2 nitrogen and oxygen atoms in total. The maximum absolute atomic E-state index is 13.4. The fourth-order valence-corrected chi connectivity index (χ4v) is 1.79. The quantitative estimate of drug-likeness (QED) is 0.616. The van der Waals surface area contributed by atoms with E-state index in [1.165, 1.54) is 0 Å². The molecule has 1 unspecified atom stereocenters. The Labute approximate surface area is 77.4 Å². The predicted molar refractivity (Wildman–Crippen MR) is 50.5 cm³/mol. The van der Waals surface area contributed by atoms with Crippen LogP contribution in [0, 0.1) is 6.92 Å². The van der Waals surface area contributed by atoms with Crippen molar-refractivity contribution in [3.63, 3.8) is 0 Å². The van der Waals surface area contributed by atoms with Crippen LogP contribution in [0.5, 0.6) is 0 Å². The van der Waals surface area contributed by atoms with E-state index in [2.05, 4.69) is 4.98 Å². The monoisotopic (exact) mass is 180 g/mol. The molecule has 1 aromatic rings. The number of halogens is 1. The van der Waals surface area contributed by atoms with Gasteiger partial charge in [-0.05, 0) is 31.4 Å². The van der Waals surface area contributed by atoms with Crippen molar-refractivity contribution in [3.05, 3.63) is 24.0 Å². The van der Waals surface area contributed by atoms with Gasteiger partial charge in [0.1, 0.15) is 0 Å². The van der Waals surface area contributed by atoms with Gasteiger partial charge in [-0.25, -0.2) is 4.39 Å². The van der Waals surface area contributed by atoms with Crippen LogP contribution in [0.4, 0.5) is 10.1 Å². The van der Waals surface area contributed by atoms with Gasteiger partial charge in [0.25, 0.3) is 0 Å². The summed E-state index contributed by atoms with van der Waals surface area (Å²) < 4.78 is 13.4. The molecule has 0 aromatic carbocycles. The maximum Gasteiger partial charge on any atom is 0.172 e. The lowest BCUT2D eigenvalue weighted by molar-refractivity contribution is 0.345. The van der Waals surface area contributed by atoms with Crippen molar-refractivity contribution < 1.29 is 4.39 Å². The van der Waals surface area contributed by atoms with E-state index in [9.17, 15) is 4.39 Å². The average Bonchev–Trinajstić information content (AvgIpc) is 2.52. The average molecular weight is 180 g/mol. The summed E-state index contributed by atoms with van der Waals surface area (Å²) >= 11 is 0. The highest BCUT2D eigenvalue weighted by atomic mass is 19.1. The molecule has 0 saturated carbocycles. The highest BCUT2D eigenvalue weighted by Crippen LogP contribution is 2.27. The summed E-state index contributed by atoms with van der Waals surface area (Å²) in [5, 5.41) is 0. The molecule has 13 heavy (non-hydrogen) atoms. The molecule has 3 heteroatoms. The van der Waals surface area contributed by atoms with Gasteiger partial charge >= 0.3 is 0 Å². The molecule has 1 aromatic heterocycles. The van der Waals surface area contributed by atoms with E-state index in [0.717, 1.165) is 24.2 Å². The highest BCUT2D eigenvalue weighted by Gasteiger charge is 2.24. The lowest BCUT2D eigenvalue weighted by Crippen LogP contribution is -2.25. The Bertz CT molecular complexity index is 301. The molecular formula is C10H13FN2. The Balaban J connectivity index is 2.29. The molecule has 1 aliphatic heterocycles. The fourth-order valence-electron chi connectivity index (χ4n) is 1.79. The van der Waals surface area contributed by atoms with Crippen molar-refractivity contribution in [2.45, 2.75) is 26.1 Å². The molecule has 1 fully saturated rings. The van der Waals surface area contributed by atoms with Gasteiger partial charge in [0.15, 0.2) is 6.30 Å². The third-order valence-electron chi connectivity index (χ3n) is 2.48. The number of hydrogen-bond donors (Lipinski definition) is 0. The minimum absolute atomic E-state index is 0.655. The van der Waals surface area contributed by atoms with Crippen molar-refractivity contribution in [2.75, 3.05) is 11.4 Å². The number of aromatic nitrogens is 1. The lowest BCUT2D eigenvalue weighted by Gasteiger charge is -2.22. The van der Waals surface area contributed by atoms with E-state index in [-0.39, 0.29) is 0 Å². The molecular weight excluding hydrogens is 167 g/mol. The van der Waals surface area contributed by atoms with Crippen LogP contribution in [0.25, 0.3) is 0 Å². The van der Waals surface area contributed by atoms with Crippen LogP contribution in [-0.4, -0.2) is 17.8 Å². The Morgan fingerprint density at radius 3 is 3.08 bits per heavy atom. The maximum atomic E-state index is 13.4. The number of alkyl halides is 1. The van der Waals surface area contributed by atoms with Crippen LogP contribution >= 0.6 is 0 Å². The van der Waals surface area contributed by atoms with Crippen molar-refractivity contribution in [1.29, 1.82) is 0 Å². The zero-order valence-electron chi connectivity index (χ0n) is 7.70. The molecule has 0 spiro atoms. The Morgan fingerprint density at radius 2 is 2.46 bits per heavy atom. The summed E-state index contributed by atoms with van der Waals surface area (Å²) in [6, 6.07) is 1.88. The van der Waals surface area contributed by atoms with Gasteiger partial charge in [0, 0.05) is 24.6 Å². The van der Waals surface area contributed by atoms with Gasteiger partial charge in [0.2, 0.25) is 0 Å². The smallest absolute Gasteiger partial charge is 0.172 e. The first kappa shape index (κ1) is 8.48. The molecule has 2 heterocycles. The lowest BCUT2D eigenvalue weighted by atomic mass is 10.2. The molecule has 1 saturated heterocycles. The van der Waals surface area contributed by atoms with Crippen molar-refractivity contribution in [1.82, 2.24) is 4.98 Å². The van der Waals surface area contributed by atoms with Crippen LogP contribution in [0.2, 0.25) is 0 Å². The second-order valence-corrected chi connectivity index (χ2v) is 3.43. The minimum Gasteiger partial charge on any atom is -0.342 e. The second-order valence-electron chi connectivity index (χ2n) is 3.43.